The van der Waals surface area contributed by atoms with Gasteiger partial charge in [-0.15, -0.1) is 0 Å². The zero-order chi connectivity index (χ0) is 13.7. The van der Waals surface area contributed by atoms with Crippen molar-refractivity contribution in [3.05, 3.63) is 35.6 Å². The zero-order valence-corrected chi connectivity index (χ0v) is 11.1. The minimum Gasteiger partial charge on any atom is -0.510 e. The number of allylic oxidation sites excluding steroid dienone is 1. The molecule has 1 heterocycles. The second-order valence-corrected chi connectivity index (χ2v) is 4.29. The van der Waals surface area contributed by atoms with Crippen molar-refractivity contribution in [1.29, 1.82) is 0 Å². The number of hydrazone groups is 1. The van der Waals surface area contributed by atoms with Gasteiger partial charge in [-0.05, 0) is 30.5 Å². The van der Waals surface area contributed by atoms with E-state index in [-0.39, 0.29) is 0 Å². The summed E-state index contributed by atoms with van der Waals surface area (Å²) < 4.78 is 10.5. The Morgan fingerprint density at radius 2 is 1.84 bits per heavy atom. The van der Waals surface area contributed by atoms with Crippen LogP contribution in [0.1, 0.15) is 12.0 Å². The fourth-order valence-electron chi connectivity index (χ4n) is 1.91. The van der Waals surface area contributed by atoms with Crippen LogP contribution in [-0.4, -0.2) is 31.6 Å². The van der Waals surface area contributed by atoms with Gasteiger partial charge in [0.2, 0.25) is 0 Å². The number of methoxy groups -OCH3 is 2. The van der Waals surface area contributed by atoms with E-state index < -0.39 is 0 Å². The fraction of sp³-hybridized carbons (Fsp3) is 0.357. The lowest BCUT2D eigenvalue weighted by atomic mass is 10.1. The average Bonchev–Trinajstić information content (AvgIpc) is 2.44. The summed E-state index contributed by atoms with van der Waals surface area (Å²) in [6, 6.07) is 5.79. The zero-order valence-electron chi connectivity index (χ0n) is 11.1. The minimum atomic E-state index is 0.313. The molecule has 102 valence electrons. The Labute approximate surface area is 112 Å². The Kier molecular flexibility index (Phi) is 4.28. The van der Waals surface area contributed by atoms with Crippen molar-refractivity contribution in [2.24, 2.45) is 5.10 Å². The molecule has 0 fully saturated rings. The van der Waals surface area contributed by atoms with Crippen molar-refractivity contribution in [2.45, 2.75) is 12.8 Å². The Hall–Kier alpha value is -2.17. The number of hydrogen-bond donors (Lipinski definition) is 2. The maximum atomic E-state index is 9.42. The van der Waals surface area contributed by atoms with Gasteiger partial charge in [0.15, 0.2) is 0 Å². The summed E-state index contributed by atoms with van der Waals surface area (Å²) in [7, 11) is 3.27. The van der Waals surface area contributed by atoms with Crippen molar-refractivity contribution in [3.63, 3.8) is 0 Å². The van der Waals surface area contributed by atoms with Crippen LogP contribution >= 0.6 is 0 Å². The van der Waals surface area contributed by atoms with Crippen LogP contribution in [0.4, 0.5) is 0 Å². The number of aliphatic hydroxyl groups is 1. The van der Waals surface area contributed by atoms with E-state index in [1.165, 1.54) is 0 Å². The van der Waals surface area contributed by atoms with Crippen LogP contribution in [0.15, 0.2) is 35.1 Å². The summed E-state index contributed by atoms with van der Waals surface area (Å²) in [6.07, 6.45) is 3.25. The first-order valence-electron chi connectivity index (χ1n) is 6.12. The van der Waals surface area contributed by atoms with Crippen LogP contribution < -0.4 is 14.9 Å². The highest BCUT2D eigenvalue weighted by Crippen LogP contribution is 2.23. The molecule has 1 aliphatic rings. The number of ether oxygens (including phenoxy) is 2. The highest BCUT2D eigenvalue weighted by atomic mass is 16.5. The number of benzene rings is 1. The molecule has 0 radical (unpaired) electrons. The number of rotatable bonds is 5. The molecule has 1 aliphatic heterocycles. The van der Waals surface area contributed by atoms with E-state index in [1.54, 1.807) is 20.3 Å². The van der Waals surface area contributed by atoms with Crippen molar-refractivity contribution in [3.8, 4) is 11.5 Å². The molecule has 0 atom stereocenters. The van der Waals surface area contributed by atoms with Gasteiger partial charge in [-0.3, -0.25) is 0 Å². The summed E-state index contributed by atoms with van der Waals surface area (Å²) in [5.74, 6) is 1.86. The van der Waals surface area contributed by atoms with E-state index >= 15 is 0 Å². The SMILES string of the molecule is COc1cc(CCC2=NNCC(O)=C2)cc(OC)c1. The smallest absolute Gasteiger partial charge is 0.122 e. The maximum absolute atomic E-state index is 9.42. The van der Waals surface area contributed by atoms with Gasteiger partial charge in [-0.1, -0.05) is 0 Å². The summed E-state index contributed by atoms with van der Waals surface area (Å²) in [4.78, 5) is 0. The lowest BCUT2D eigenvalue weighted by Crippen LogP contribution is -2.19. The predicted octanol–water partition coefficient (Wildman–Crippen LogP) is 2.04. The Bertz CT molecular complexity index is 487. The van der Waals surface area contributed by atoms with Gasteiger partial charge in [0.1, 0.15) is 17.3 Å². The quantitative estimate of drug-likeness (QED) is 0.852. The molecule has 0 saturated carbocycles. The van der Waals surface area contributed by atoms with E-state index in [2.05, 4.69) is 10.5 Å². The highest BCUT2D eigenvalue weighted by Gasteiger charge is 2.07. The van der Waals surface area contributed by atoms with Gasteiger partial charge >= 0.3 is 0 Å². The number of nitrogens with zero attached hydrogens (tertiary/aromatic N) is 1. The summed E-state index contributed by atoms with van der Waals surface area (Å²) in [5.41, 5.74) is 4.73. The largest absolute Gasteiger partial charge is 0.510 e. The molecule has 0 unspecified atom stereocenters. The molecule has 5 heteroatoms. The van der Waals surface area contributed by atoms with E-state index in [0.29, 0.717) is 12.3 Å². The van der Waals surface area contributed by atoms with Gasteiger partial charge in [-0.2, -0.15) is 5.10 Å². The van der Waals surface area contributed by atoms with E-state index in [1.807, 2.05) is 18.2 Å². The molecule has 0 aliphatic carbocycles. The standard InChI is InChI=1S/C14H18N2O3/c1-18-13-5-10(6-14(8-13)19-2)3-4-11-7-12(17)9-15-16-11/h5-8,15,17H,3-4,9H2,1-2H3. The lowest BCUT2D eigenvalue weighted by molar-refractivity contribution is 0.388. The normalized spacial score (nSPS) is 14.2. The molecule has 0 aromatic heterocycles. The first-order chi connectivity index (χ1) is 9.21. The van der Waals surface area contributed by atoms with Gasteiger partial charge in [0, 0.05) is 12.1 Å². The second-order valence-electron chi connectivity index (χ2n) is 4.29. The van der Waals surface area contributed by atoms with Crippen LogP contribution in [0, 0.1) is 0 Å². The van der Waals surface area contributed by atoms with Crippen LogP contribution in [0.3, 0.4) is 0 Å². The average molecular weight is 262 g/mol. The van der Waals surface area contributed by atoms with Crippen LogP contribution in [0.2, 0.25) is 0 Å². The Morgan fingerprint density at radius 3 is 2.42 bits per heavy atom. The number of hydrogen-bond acceptors (Lipinski definition) is 5. The number of aliphatic hydroxyl groups excluding tert-OH is 1. The number of aryl methyl sites for hydroxylation is 1. The third-order valence-corrected chi connectivity index (χ3v) is 2.90. The molecule has 0 bridgehead atoms. The molecule has 0 saturated heterocycles. The van der Waals surface area contributed by atoms with Gasteiger partial charge in [-0.25, -0.2) is 0 Å². The van der Waals surface area contributed by atoms with Crippen LogP contribution in [-0.2, 0) is 6.42 Å². The maximum Gasteiger partial charge on any atom is 0.122 e. The van der Waals surface area contributed by atoms with E-state index in [0.717, 1.165) is 35.6 Å². The third kappa shape index (κ3) is 3.64. The molecule has 5 nitrogen and oxygen atoms in total. The van der Waals surface area contributed by atoms with Gasteiger partial charge in [0.05, 0.1) is 26.5 Å². The van der Waals surface area contributed by atoms with Crippen LogP contribution in [0.5, 0.6) is 11.5 Å². The summed E-state index contributed by atoms with van der Waals surface area (Å²) >= 11 is 0. The molecule has 2 N–H and O–H groups in total. The Balaban J connectivity index is 2.05. The monoisotopic (exact) mass is 262 g/mol. The van der Waals surface area contributed by atoms with Crippen molar-refractivity contribution < 1.29 is 14.6 Å². The van der Waals surface area contributed by atoms with E-state index in [4.69, 9.17) is 9.47 Å². The molecular formula is C14H18N2O3. The molecule has 0 amide bonds. The lowest BCUT2D eigenvalue weighted by Gasteiger charge is -2.11. The van der Waals surface area contributed by atoms with Crippen LogP contribution in [0.25, 0.3) is 0 Å². The molecule has 19 heavy (non-hydrogen) atoms. The summed E-state index contributed by atoms with van der Waals surface area (Å²) in [5, 5.41) is 13.6. The van der Waals surface area contributed by atoms with Gasteiger partial charge < -0.3 is 20.0 Å². The number of nitrogens with one attached hydrogen (secondary N) is 1. The fourth-order valence-corrected chi connectivity index (χ4v) is 1.91. The molecule has 2 rings (SSSR count). The molecule has 1 aromatic rings. The molecular weight excluding hydrogens is 244 g/mol. The third-order valence-electron chi connectivity index (χ3n) is 2.90. The second kappa shape index (κ2) is 6.13. The predicted molar refractivity (Wildman–Crippen MR) is 74.0 cm³/mol. The topological polar surface area (TPSA) is 63.1 Å². The minimum absolute atomic E-state index is 0.313. The molecule has 1 aromatic carbocycles. The van der Waals surface area contributed by atoms with Crippen molar-refractivity contribution >= 4 is 5.71 Å². The Morgan fingerprint density at radius 1 is 1.16 bits per heavy atom. The first-order valence-corrected chi connectivity index (χ1v) is 6.12. The van der Waals surface area contributed by atoms with Crippen molar-refractivity contribution in [1.82, 2.24) is 5.43 Å². The van der Waals surface area contributed by atoms with Gasteiger partial charge in [0.25, 0.3) is 0 Å². The summed E-state index contributed by atoms with van der Waals surface area (Å²) in [6.45, 7) is 0.399. The van der Waals surface area contributed by atoms with Crippen molar-refractivity contribution in [2.75, 3.05) is 20.8 Å². The highest BCUT2D eigenvalue weighted by molar-refractivity contribution is 5.95. The van der Waals surface area contributed by atoms with E-state index in [9.17, 15) is 5.11 Å². The molecule has 0 spiro atoms. The first kappa shape index (κ1) is 13.3.